The second kappa shape index (κ2) is 12.0. The van der Waals surface area contributed by atoms with E-state index in [1.54, 1.807) is 12.1 Å². The number of hydrogen-bond acceptors (Lipinski definition) is 3. The molecule has 0 atom stereocenters. The minimum Gasteiger partial charge on any atom is -0.352 e. The Labute approximate surface area is 152 Å². The predicted molar refractivity (Wildman–Crippen MR) is 102 cm³/mol. The van der Waals surface area contributed by atoms with Crippen LogP contribution in [0.5, 0.6) is 0 Å². The molecule has 1 aromatic rings. The lowest BCUT2D eigenvalue weighted by molar-refractivity contribution is -0.121. The highest BCUT2D eigenvalue weighted by Gasteiger charge is 2.07. The molecule has 1 aromatic carbocycles. The van der Waals surface area contributed by atoms with Crippen LogP contribution in [0.15, 0.2) is 29.2 Å². The van der Waals surface area contributed by atoms with E-state index >= 15 is 0 Å². The van der Waals surface area contributed by atoms with E-state index in [9.17, 15) is 13.2 Å². The molecule has 0 aromatic heterocycles. The standard InChI is InChI=1S/C19H32N2O3S/c1-2-3-4-5-6-7-8-9-10-11-19(22)21-16-17-12-14-18(15-13-17)25(20,23)24/h12-15H,2-11,16H2,1H3,(H,21,22)(H2,20,23,24). The minimum absolute atomic E-state index is 0.0402. The Hall–Kier alpha value is -1.40. The largest absolute Gasteiger partial charge is 0.352 e. The van der Waals surface area contributed by atoms with Gasteiger partial charge in [0.2, 0.25) is 15.9 Å². The smallest absolute Gasteiger partial charge is 0.238 e. The van der Waals surface area contributed by atoms with Crippen LogP contribution in [-0.4, -0.2) is 14.3 Å². The summed E-state index contributed by atoms with van der Waals surface area (Å²) in [6.07, 6.45) is 11.6. The van der Waals surface area contributed by atoms with Gasteiger partial charge in [0.15, 0.2) is 0 Å². The lowest BCUT2D eigenvalue weighted by Gasteiger charge is -2.06. The third-order valence-corrected chi connectivity index (χ3v) is 5.18. The minimum atomic E-state index is -3.66. The average Bonchev–Trinajstić information content (AvgIpc) is 2.58. The zero-order valence-corrected chi connectivity index (χ0v) is 16.1. The van der Waals surface area contributed by atoms with Gasteiger partial charge in [-0.25, -0.2) is 13.6 Å². The summed E-state index contributed by atoms with van der Waals surface area (Å²) in [5, 5.41) is 7.91. The number of nitrogens with two attached hydrogens (primary N) is 1. The van der Waals surface area contributed by atoms with Gasteiger partial charge in [-0.05, 0) is 24.1 Å². The van der Waals surface area contributed by atoms with Gasteiger partial charge in [-0.1, -0.05) is 70.4 Å². The summed E-state index contributed by atoms with van der Waals surface area (Å²) in [5.41, 5.74) is 0.854. The van der Waals surface area contributed by atoms with Crippen molar-refractivity contribution in [3.63, 3.8) is 0 Å². The van der Waals surface area contributed by atoms with Crippen LogP contribution in [0.1, 0.15) is 76.7 Å². The lowest BCUT2D eigenvalue weighted by Crippen LogP contribution is -2.22. The first-order chi connectivity index (χ1) is 11.9. The number of benzene rings is 1. The number of carbonyl (C=O) groups is 1. The summed E-state index contributed by atoms with van der Waals surface area (Å²) >= 11 is 0. The maximum Gasteiger partial charge on any atom is 0.238 e. The zero-order valence-electron chi connectivity index (χ0n) is 15.3. The Balaban J connectivity index is 2.09. The number of nitrogens with one attached hydrogen (secondary N) is 1. The van der Waals surface area contributed by atoms with Crippen molar-refractivity contribution in [2.24, 2.45) is 5.14 Å². The maximum absolute atomic E-state index is 11.8. The summed E-state index contributed by atoms with van der Waals surface area (Å²) in [6.45, 7) is 2.63. The van der Waals surface area contributed by atoms with Gasteiger partial charge in [0.25, 0.3) is 0 Å². The van der Waals surface area contributed by atoms with Gasteiger partial charge in [-0.15, -0.1) is 0 Å². The van der Waals surface area contributed by atoms with E-state index in [0.717, 1.165) is 18.4 Å². The molecule has 1 rings (SSSR count). The van der Waals surface area contributed by atoms with E-state index < -0.39 is 10.0 Å². The maximum atomic E-state index is 11.8. The molecule has 0 saturated heterocycles. The van der Waals surface area contributed by atoms with Crippen molar-refractivity contribution in [2.75, 3.05) is 0 Å². The molecule has 0 heterocycles. The Bertz CT molecular complexity index is 598. The summed E-state index contributed by atoms with van der Waals surface area (Å²) in [4.78, 5) is 11.9. The van der Waals surface area contributed by atoms with Crippen molar-refractivity contribution in [1.82, 2.24) is 5.32 Å². The van der Waals surface area contributed by atoms with E-state index in [4.69, 9.17) is 5.14 Å². The molecule has 1 amide bonds. The van der Waals surface area contributed by atoms with Crippen LogP contribution < -0.4 is 10.5 Å². The molecular weight excluding hydrogens is 336 g/mol. The van der Waals surface area contributed by atoms with E-state index in [-0.39, 0.29) is 10.8 Å². The number of amides is 1. The fraction of sp³-hybridized carbons (Fsp3) is 0.632. The molecule has 0 bridgehead atoms. The van der Waals surface area contributed by atoms with Gasteiger partial charge in [0.1, 0.15) is 0 Å². The van der Waals surface area contributed by atoms with E-state index in [1.807, 2.05) is 0 Å². The Morgan fingerprint density at radius 1 is 0.920 bits per heavy atom. The number of carbonyl (C=O) groups excluding carboxylic acids is 1. The van der Waals surface area contributed by atoms with Gasteiger partial charge in [-0.2, -0.15) is 0 Å². The number of primary sulfonamides is 1. The molecular formula is C19H32N2O3S. The molecule has 0 fully saturated rings. The van der Waals surface area contributed by atoms with Gasteiger partial charge in [-0.3, -0.25) is 4.79 Å². The number of hydrogen-bond donors (Lipinski definition) is 2. The predicted octanol–water partition coefficient (Wildman–Crippen LogP) is 3.87. The van der Waals surface area contributed by atoms with Gasteiger partial charge >= 0.3 is 0 Å². The van der Waals surface area contributed by atoms with E-state index in [1.165, 1.54) is 57.1 Å². The van der Waals surface area contributed by atoms with E-state index in [0.29, 0.717) is 13.0 Å². The summed E-state index contributed by atoms with van der Waals surface area (Å²) in [6, 6.07) is 6.24. The average molecular weight is 369 g/mol. The Kier molecular flexibility index (Phi) is 10.4. The van der Waals surface area contributed by atoms with Crippen LogP contribution >= 0.6 is 0 Å². The molecule has 0 radical (unpaired) electrons. The highest BCUT2D eigenvalue weighted by Crippen LogP contribution is 2.11. The van der Waals surface area contributed by atoms with Crippen molar-refractivity contribution < 1.29 is 13.2 Å². The van der Waals surface area contributed by atoms with Crippen LogP contribution in [-0.2, 0) is 21.4 Å². The third-order valence-electron chi connectivity index (χ3n) is 4.25. The Morgan fingerprint density at radius 3 is 1.96 bits per heavy atom. The number of rotatable bonds is 13. The van der Waals surface area contributed by atoms with Gasteiger partial charge < -0.3 is 5.32 Å². The molecule has 6 heteroatoms. The van der Waals surface area contributed by atoms with Crippen molar-refractivity contribution >= 4 is 15.9 Å². The van der Waals surface area contributed by atoms with Gasteiger partial charge in [0.05, 0.1) is 4.90 Å². The molecule has 0 aliphatic rings. The van der Waals surface area contributed by atoms with Crippen LogP contribution in [0.4, 0.5) is 0 Å². The van der Waals surface area contributed by atoms with Crippen LogP contribution in [0.3, 0.4) is 0 Å². The summed E-state index contributed by atoms with van der Waals surface area (Å²) in [5.74, 6) is 0.0402. The molecule has 5 nitrogen and oxygen atoms in total. The molecule has 0 spiro atoms. The summed E-state index contributed by atoms with van der Waals surface area (Å²) < 4.78 is 22.4. The number of unbranched alkanes of at least 4 members (excludes halogenated alkanes) is 8. The van der Waals surface area contributed by atoms with Crippen molar-refractivity contribution in [1.29, 1.82) is 0 Å². The second-order valence-corrected chi connectivity index (χ2v) is 8.11. The zero-order chi connectivity index (χ0) is 18.5. The quantitative estimate of drug-likeness (QED) is 0.518. The topological polar surface area (TPSA) is 89.3 Å². The molecule has 3 N–H and O–H groups in total. The highest BCUT2D eigenvalue weighted by atomic mass is 32.2. The molecule has 0 aliphatic carbocycles. The normalized spacial score (nSPS) is 11.4. The lowest BCUT2D eigenvalue weighted by atomic mass is 10.1. The highest BCUT2D eigenvalue weighted by molar-refractivity contribution is 7.89. The fourth-order valence-electron chi connectivity index (χ4n) is 2.68. The van der Waals surface area contributed by atoms with Crippen molar-refractivity contribution in [2.45, 2.75) is 82.6 Å². The first kappa shape index (κ1) is 21.6. The molecule has 0 saturated carbocycles. The SMILES string of the molecule is CCCCCCCCCCCC(=O)NCc1ccc(S(N)(=O)=O)cc1. The summed E-state index contributed by atoms with van der Waals surface area (Å²) in [7, 11) is -3.66. The monoisotopic (exact) mass is 368 g/mol. The first-order valence-electron chi connectivity index (χ1n) is 9.32. The van der Waals surface area contributed by atoms with Crippen molar-refractivity contribution in [3.05, 3.63) is 29.8 Å². The van der Waals surface area contributed by atoms with E-state index in [2.05, 4.69) is 12.2 Å². The third kappa shape index (κ3) is 10.2. The number of sulfonamides is 1. The molecule has 25 heavy (non-hydrogen) atoms. The van der Waals surface area contributed by atoms with Crippen LogP contribution in [0, 0.1) is 0 Å². The van der Waals surface area contributed by atoms with Crippen LogP contribution in [0.2, 0.25) is 0 Å². The second-order valence-electron chi connectivity index (χ2n) is 6.54. The van der Waals surface area contributed by atoms with Gasteiger partial charge in [0, 0.05) is 13.0 Å². The van der Waals surface area contributed by atoms with Crippen LogP contribution in [0.25, 0.3) is 0 Å². The fourth-order valence-corrected chi connectivity index (χ4v) is 3.20. The molecule has 0 unspecified atom stereocenters. The molecule has 142 valence electrons. The molecule has 0 aliphatic heterocycles. The Morgan fingerprint density at radius 2 is 1.44 bits per heavy atom. The first-order valence-corrected chi connectivity index (χ1v) is 10.9. The van der Waals surface area contributed by atoms with Crippen molar-refractivity contribution in [3.8, 4) is 0 Å².